The first-order chi connectivity index (χ1) is 11.7. The maximum Gasteiger partial charge on any atom is 0.253 e. The third kappa shape index (κ3) is 2.77. The van der Waals surface area contributed by atoms with E-state index in [0.717, 1.165) is 53.9 Å². The van der Waals surface area contributed by atoms with Crippen LogP contribution in [-0.4, -0.2) is 38.8 Å². The van der Waals surface area contributed by atoms with Crippen LogP contribution in [0, 0.1) is 6.92 Å². The largest absolute Gasteiger partial charge is 0.346 e. The fourth-order valence-corrected chi connectivity index (χ4v) is 3.42. The van der Waals surface area contributed by atoms with Crippen molar-refractivity contribution in [2.75, 3.05) is 13.1 Å². The highest BCUT2D eigenvalue weighted by Gasteiger charge is 2.27. The SMILES string of the molecule is Cc1cnc([C@H]2CCCN(C(=O)c3ccc4ncccc4c3)C2)[nH]1. The molecule has 1 aliphatic rings. The number of nitrogens with zero attached hydrogens (tertiary/aromatic N) is 3. The number of benzene rings is 1. The highest BCUT2D eigenvalue weighted by atomic mass is 16.2. The zero-order chi connectivity index (χ0) is 16.5. The topological polar surface area (TPSA) is 61.9 Å². The van der Waals surface area contributed by atoms with Gasteiger partial charge in [0.1, 0.15) is 5.82 Å². The first kappa shape index (κ1) is 14.9. The Labute approximate surface area is 140 Å². The summed E-state index contributed by atoms with van der Waals surface area (Å²) in [4.78, 5) is 26.9. The van der Waals surface area contributed by atoms with Crippen LogP contribution in [0.3, 0.4) is 0 Å². The van der Waals surface area contributed by atoms with E-state index in [2.05, 4.69) is 15.0 Å². The number of nitrogens with one attached hydrogen (secondary N) is 1. The minimum atomic E-state index is 0.0914. The molecule has 5 heteroatoms. The van der Waals surface area contributed by atoms with Crippen molar-refractivity contribution >= 4 is 16.8 Å². The second-order valence-corrected chi connectivity index (χ2v) is 6.45. The van der Waals surface area contributed by atoms with Gasteiger partial charge < -0.3 is 9.88 Å². The van der Waals surface area contributed by atoms with E-state index >= 15 is 0 Å². The Morgan fingerprint density at radius 3 is 3.04 bits per heavy atom. The lowest BCUT2D eigenvalue weighted by Crippen LogP contribution is -2.39. The van der Waals surface area contributed by atoms with Gasteiger partial charge in [-0.15, -0.1) is 0 Å². The Hall–Kier alpha value is -2.69. The Morgan fingerprint density at radius 2 is 2.21 bits per heavy atom. The Kier molecular flexibility index (Phi) is 3.76. The molecule has 0 saturated carbocycles. The van der Waals surface area contributed by atoms with Gasteiger partial charge in [-0.3, -0.25) is 9.78 Å². The molecule has 0 bridgehead atoms. The van der Waals surface area contributed by atoms with Crippen molar-refractivity contribution in [2.45, 2.75) is 25.7 Å². The number of likely N-dealkylation sites (tertiary alicyclic amines) is 1. The van der Waals surface area contributed by atoms with Gasteiger partial charge in [-0.25, -0.2) is 4.98 Å². The zero-order valence-electron chi connectivity index (χ0n) is 13.7. The van der Waals surface area contributed by atoms with Gasteiger partial charge in [0.25, 0.3) is 5.91 Å². The molecule has 4 rings (SSSR count). The minimum Gasteiger partial charge on any atom is -0.346 e. The van der Waals surface area contributed by atoms with E-state index in [1.165, 1.54) is 0 Å². The Balaban J connectivity index is 1.56. The second kappa shape index (κ2) is 6.07. The number of pyridine rings is 1. The van der Waals surface area contributed by atoms with Crippen LogP contribution >= 0.6 is 0 Å². The normalized spacial score (nSPS) is 18.0. The van der Waals surface area contributed by atoms with E-state index < -0.39 is 0 Å². The van der Waals surface area contributed by atoms with Crippen molar-refractivity contribution in [3.63, 3.8) is 0 Å². The molecular formula is C19H20N4O. The second-order valence-electron chi connectivity index (χ2n) is 6.45. The molecule has 2 aromatic heterocycles. The third-order valence-corrected chi connectivity index (χ3v) is 4.67. The lowest BCUT2D eigenvalue weighted by Gasteiger charge is -2.32. The lowest BCUT2D eigenvalue weighted by atomic mass is 9.96. The molecule has 0 spiro atoms. The molecule has 1 saturated heterocycles. The number of aromatic amines is 1. The van der Waals surface area contributed by atoms with Crippen molar-refractivity contribution in [2.24, 2.45) is 0 Å². The maximum absolute atomic E-state index is 12.9. The molecule has 0 unspecified atom stereocenters. The van der Waals surface area contributed by atoms with Crippen molar-refractivity contribution in [1.29, 1.82) is 0 Å². The standard InChI is InChI=1S/C19H20N4O/c1-13-11-21-18(22-13)16-5-3-9-23(12-16)19(24)15-6-7-17-14(10-15)4-2-8-20-17/h2,4,6-8,10-11,16H,3,5,9,12H2,1H3,(H,21,22)/t16-/m0/s1. The van der Waals surface area contributed by atoms with E-state index in [-0.39, 0.29) is 5.91 Å². The molecule has 0 radical (unpaired) electrons. The first-order valence-corrected chi connectivity index (χ1v) is 8.36. The van der Waals surface area contributed by atoms with Gasteiger partial charge in [-0.2, -0.15) is 0 Å². The molecule has 3 aromatic rings. The van der Waals surface area contributed by atoms with E-state index in [1.54, 1.807) is 6.20 Å². The number of carbonyl (C=O) groups is 1. The van der Waals surface area contributed by atoms with Gasteiger partial charge in [0.15, 0.2) is 0 Å². The summed E-state index contributed by atoms with van der Waals surface area (Å²) in [5.74, 6) is 1.37. The van der Waals surface area contributed by atoms with Crippen molar-refractivity contribution in [3.05, 3.63) is 59.8 Å². The maximum atomic E-state index is 12.9. The number of H-pyrrole nitrogens is 1. The molecule has 3 heterocycles. The van der Waals surface area contributed by atoms with Gasteiger partial charge >= 0.3 is 0 Å². The predicted molar refractivity (Wildman–Crippen MR) is 92.9 cm³/mol. The monoisotopic (exact) mass is 320 g/mol. The van der Waals surface area contributed by atoms with Gasteiger partial charge in [0.2, 0.25) is 0 Å². The summed E-state index contributed by atoms with van der Waals surface area (Å²) in [5.41, 5.74) is 2.71. The van der Waals surface area contributed by atoms with Crippen LogP contribution in [-0.2, 0) is 0 Å². The van der Waals surface area contributed by atoms with Crippen molar-refractivity contribution < 1.29 is 4.79 Å². The summed E-state index contributed by atoms with van der Waals surface area (Å²) in [7, 11) is 0. The number of hydrogen-bond donors (Lipinski definition) is 1. The van der Waals surface area contributed by atoms with Crippen molar-refractivity contribution in [3.8, 4) is 0 Å². The van der Waals surface area contributed by atoms with E-state index in [1.807, 2.05) is 48.4 Å². The number of amides is 1. The number of rotatable bonds is 2. The number of carbonyl (C=O) groups excluding carboxylic acids is 1. The highest BCUT2D eigenvalue weighted by molar-refractivity contribution is 5.98. The molecule has 1 N–H and O–H groups in total. The van der Waals surface area contributed by atoms with E-state index in [0.29, 0.717) is 5.92 Å². The zero-order valence-corrected chi connectivity index (χ0v) is 13.7. The molecule has 1 amide bonds. The first-order valence-electron chi connectivity index (χ1n) is 8.36. The molecule has 5 nitrogen and oxygen atoms in total. The number of fused-ring (bicyclic) bond motifs is 1. The molecule has 122 valence electrons. The van der Waals surface area contributed by atoms with Crippen LogP contribution in [0.4, 0.5) is 0 Å². The van der Waals surface area contributed by atoms with Gasteiger partial charge in [0.05, 0.1) is 5.52 Å². The average molecular weight is 320 g/mol. The molecule has 1 aliphatic heterocycles. The van der Waals surface area contributed by atoms with Crippen LogP contribution in [0.1, 0.15) is 40.6 Å². The lowest BCUT2D eigenvalue weighted by molar-refractivity contribution is 0.0705. The van der Waals surface area contributed by atoms with Gasteiger partial charge in [0, 0.05) is 48.0 Å². The molecule has 24 heavy (non-hydrogen) atoms. The smallest absolute Gasteiger partial charge is 0.253 e. The highest BCUT2D eigenvalue weighted by Crippen LogP contribution is 2.26. The molecule has 1 atom stereocenters. The molecule has 1 aromatic carbocycles. The molecular weight excluding hydrogens is 300 g/mol. The summed E-state index contributed by atoms with van der Waals surface area (Å²) < 4.78 is 0. The number of imidazole rings is 1. The summed E-state index contributed by atoms with van der Waals surface area (Å²) in [6.45, 7) is 3.53. The summed E-state index contributed by atoms with van der Waals surface area (Å²) >= 11 is 0. The molecule has 0 aliphatic carbocycles. The number of aryl methyl sites for hydroxylation is 1. The fraction of sp³-hybridized carbons (Fsp3) is 0.316. The minimum absolute atomic E-state index is 0.0914. The quantitative estimate of drug-likeness (QED) is 0.788. The summed E-state index contributed by atoms with van der Waals surface area (Å²) in [5, 5.41) is 0.999. The average Bonchev–Trinajstić information content (AvgIpc) is 3.07. The Morgan fingerprint density at radius 1 is 1.29 bits per heavy atom. The number of aromatic nitrogens is 3. The van der Waals surface area contributed by atoms with Crippen molar-refractivity contribution in [1.82, 2.24) is 19.9 Å². The van der Waals surface area contributed by atoms with Crippen LogP contribution < -0.4 is 0 Å². The van der Waals surface area contributed by atoms with E-state index in [4.69, 9.17) is 0 Å². The predicted octanol–water partition coefficient (Wildman–Crippen LogP) is 3.29. The fourth-order valence-electron chi connectivity index (χ4n) is 3.42. The number of piperidine rings is 1. The summed E-state index contributed by atoms with van der Waals surface area (Å²) in [6.07, 6.45) is 5.69. The van der Waals surface area contributed by atoms with Gasteiger partial charge in [-0.05, 0) is 44.0 Å². The van der Waals surface area contributed by atoms with Crippen LogP contribution in [0.5, 0.6) is 0 Å². The van der Waals surface area contributed by atoms with Crippen LogP contribution in [0.15, 0.2) is 42.7 Å². The van der Waals surface area contributed by atoms with E-state index in [9.17, 15) is 4.79 Å². The van der Waals surface area contributed by atoms with Crippen LogP contribution in [0.2, 0.25) is 0 Å². The third-order valence-electron chi connectivity index (χ3n) is 4.67. The van der Waals surface area contributed by atoms with Gasteiger partial charge in [-0.1, -0.05) is 6.07 Å². The number of hydrogen-bond acceptors (Lipinski definition) is 3. The Bertz CT molecular complexity index is 886. The molecule has 1 fully saturated rings. The summed E-state index contributed by atoms with van der Waals surface area (Å²) in [6, 6.07) is 9.61. The van der Waals surface area contributed by atoms with Crippen LogP contribution in [0.25, 0.3) is 10.9 Å².